The highest BCUT2D eigenvalue weighted by atomic mass is 16.5. The van der Waals surface area contributed by atoms with Crippen molar-refractivity contribution in [1.29, 1.82) is 0 Å². The van der Waals surface area contributed by atoms with Gasteiger partial charge in [-0.3, -0.25) is 9.59 Å². The van der Waals surface area contributed by atoms with E-state index in [0.717, 1.165) is 5.56 Å². The molecule has 0 aliphatic heterocycles. The number of fused-ring (bicyclic) bond motifs is 1. The van der Waals surface area contributed by atoms with Gasteiger partial charge in [-0.05, 0) is 31.0 Å². The van der Waals surface area contributed by atoms with Crippen LogP contribution in [0.25, 0.3) is 11.0 Å². The maximum atomic E-state index is 12.6. The summed E-state index contributed by atoms with van der Waals surface area (Å²) in [5.74, 6) is 0.377. The minimum Gasteiger partial charge on any atom is -0.490 e. The molecule has 2 aromatic carbocycles. The monoisotopic (exact) mass is 336 g/mol. The zero-order chi connectivity index (χ0) is 17.8. The number of benzene rings is 2. The maximum absolute atomic E-state index is 12.6. The third kappa shape index (κ3) is 3.63. The van der Waals surface area contributed by atoms with Gasteiger partial charge in [-0.2, -0.15) is 0 Å². The average Bonchev–Trinajstić information content (AvgIpc) is 2.62. The van der Waals surface area contributed by atoms with Crippen molar-refractivity contribution in [2.75, 3.05) is 7.11 Å². The summed E-state index contributed by atoms with van der Waals surface area (Å²) in [5, 5.41) is 0.477. The molecule has 0 amide bonds. The number of para-hydroxylation sites is 1. The lowest BCUT2D eigenvalue weighted by Gasteiger charge is -2.15. The molecule has 4 nitrogen and oxygen atoms in total. The van der Waals surface area contributed by atoms with Crippen LogP contribution in [0.2, 0.25) is 0 Å². The molecule has 1 heterocycles. The lowest BCUT2D eigenvalue weighted by Crippen LogP contribution is -2.19. The molecule has 0 aliphatic rings. The van der Waals surface area contributed by atoms with Gasteiger partial charge in [-0.25, -0.2) is 0 Å². The van der Waals surface area contributed by atoms with E-state index in [1.807, 2.05) is 36.4 Å². The van der Waals surface area contributed by atoms with E-state index in [2.05, 4.69) is 0 Å². The molecule has 1 aromatic heterocycles. The standard InChI is InChI=1S/C21H20O4/c1-14(22)16(12-15-8-4-3-5-9-15)13-19-21(24-2)20(23)17-10-6-7-11-18(17)25-19/h3-11,16H,12-13H2,1-2H3. The Balaban J connectivity index is 1.99. The first-order valence-electron chi connectivity index (χ1n) is 8.23. The fraction of sp³-hybridized carbons (Fsp3) is 0.238. The highest BCUT2D eigenvalue weighted by Gasteiger charge is 2.22. The van der Waals surface area contributed by atoms with Gasteiger partial charge in [-0.15, -0.1) is 0 Å². The molecule has 0 radical (unpaired) electrons. The number of carbonyl (C=O) groups excluding carboxylic acids is 1. The fourth-order valence-electron chi connectivity index (χ4n) is 2.99. The predicted octanol–water partition coefficient (Wildman–Crippen LogP) is 3.79. The minimum absolute atomic E-state index is 0.0571. The van der Waals surface area contributed by atoms with Gasteiger partial charge in [0.05, 0.1) is 12.5 Å². The van der Waals surface area contributed by atoms with Crippen molar-refractivity contribution in [3.8, 4) is 5.75 Å². The van der Waals surface area contributed by atoms with Gasteiger partial charge in [0.1, 0.15) is 11.4 Å². The molecule has 0 aliphatic carbocycles. The zero-order valence-electron chi connectivity index (χ0n) is 14.3. The normalized spacial score (nSPS) is 12.1. The summed E-state index contributed by atoms with van der Waals surface area (Å²) in [7, 11) is 1.45. The van der Waals surface area contributed by atoms with Crippen molar-refractivity contribution in [2.45, 2.75) is 19.8 Å². The molecule has 4 heteroatoms. The Morgan fingerprint density at radius 3 is 2.40 bits per heavy atom. The van der Waals surface area contributed by atoms with E-state index in [-0.39, 0.29) is 22.9 Å². The summed E-state index contributed by atoms with van der Waals surface area (Å²) in [6.45, 7) is 1.57. The SMILES string of the molecule is COc1c(CC(Cc2ccccc2)C(C)=O)oc2ccccc2c1=O. The number of hydrogen-bond acceptors (Lipinski definition) is 4. The van der Waals surface area contributed by atoms with E-state index < -0.39 is 0 Å². The van der Waals surface area contributed by atoms with Crippen molar-refractivity contribution in [2.24, 2.45) is 5.92 Å². The molecule has 3 aromatic rings. The van der Waals surface area contributed by atoms with Crippen LogP contribution in [0.4, 0.5) is 0 Å². The van der Waals surface area contributed by atoms with Crippen molar-refractivity contribution in [3.05, 3.63) is 76.1 Å². The van der Waals surface area contributed by atoms with Crippen LogP contribution in [-0.4, -0.2) is 12.9 Å². The molecule has 25 heavy (non-hydrogen) atoms. The smallest absolute Gasteiger partial charge is 0.234 e. The molecule has 0 fully saturated rings. The second-order valence-corrected chi connectivity index (χ2v) is 6.09. The number of ketones is 1. The average molecular weight is 336 g/mol. The van der Waals surface area contributed by atoms with E-state index in [1.165, 1.54) is 7.11 Å². The predicted molar refractivity (Wildman–Crippen MR) is 97.1 cm³/mol. The minimum atomic E-state index is -0.277. The molecular formula is C21H20O4. The molecular weight excluding hydrogens is 316 g/mol. The van der Waals surface area contributed by atoms with E-state index in [1.54, 1.807) is 25.1 Å². The van der Waals surface area contributed by atoms with Gasteiger partial charge < -0.3 is 9.15 Å². The number of rotatable bonds is 6. The lowest BCUT2D eigenvalue weighted by molar-refractivity contribution is -0.120. The summed E-state index contributed by atoms with van der Waals surface area (Å²) in [5.41, 5.74) is 1.37. The maximum Gasteiger partial charge on any atom is 0.234 e. The van der Waals surface area contributed by atoms with Crippen molar-refractivity contribution < 1.29 is 13.9 Å². The number of carbonyl (C=O) groups is 1. The van der Waals surface area contributed by atoms with Crippen LogP contribution in [0.5, 0.6) is 5.75 Å². The lowest BCUT2D eigenvalue weighted by atomic mass is 9.91. The van der Waals surface area contributed by atoms with Crippen LogP contribution >= 0.6 is 0 Å². The molecule has 128 valence electrons. The van der Waals surface area contributed by atoms with E-state index in [0.29, 0.717) is 29.6 Å². The number of hydrogen-bond donors (Lipinski definition) is 0. The number of ether oxygens (including phenoxy) is 1. The van der Waals surface area contributed by atoms with Gasteiger partial charge in [0.2, 0.25) is 11.2 Å². The molecule has 0 bridgehead atoms. The molecule has 3 rings (SSSR count). The van der Waals surface area contributed by atoms with E-state index >= 15 is 0 Å². The van der Waals surface area contributed by atoms with Crippen molar-refractivity contribution in [1.82, 2.24) is 0 Å². The zero-order valence-corrected chi connectivity index (χ0v) is 14.3. The van der Waals surface area contributed by atoms with E-state index in [9.17, 15) is 9.59 Å². The Morgan fingerprint density at radius 2 is 1.72 bits per heavy atom. The number of Topliss-reactive ketones (excluding diaryl/α,β-unsaturated/α-hetero) is 1. The topological polar surface area (TPSA) is 56.5 Å². The van der Waals surface area contributed by atoms with Crippen LogP contribution in [0.1, 0.15) is 18.2 Å². The van der Waals surface area contributed by atoms with Crippen LogP contribution in [0.3, 0.4) is 0 Å². The van der Waals surface area contributed by atoms with Gasteiger partial charge >= 0.3 is 0 Å². The third-order valence-electron chi connectivity index (χ3n) is 4.36. The molecule has 0 saturated heterocycles. The summed E-state index contributed by atoms with van der Waals surface area (Å²) >= 11 is 0. The van der Waals surface area contributed by atoms with Crippen LogP contribution < -0.4 is 10.2 Å². The third-order valence-corrected chi connectivity index (χ3v) is 4.36. The second kappa shape index (κ2) is 7.34. The summed E-state index contributed by atoms with van der Waals surface area (Å²) in [4.78, 5) is 24.8. The molecule has 1 atom stereocenters. The van der Waals surface area contributed by atoms with Gasteiger partial charge in [0.25, 0.3) is 0 Å². The fourth-order valence-corrected chi connectivity index (χ4v) is 2.99. The Hall–Kier alpha value is -2.88. The van der Waals surface area contributed by atoms with Crippen LogP contribution in [0, 0.1) is 5.92 Å². The Kier molecular flexibility index (Phi) is 4.98. The van der Waals surface area contributed by atoms with Crippen molar-refractivity contribution in [3.63, 3.8) is 0 Å². The Morgan fingerprint density at radius 1 is 1.04 bits per heavy atom. The molecule has 0 spiro atoms. The molecule has 0 N–H and O–H groups in total. The highest BCUT2D eigenvalue weighted by molar-refractivity contribution is 5.80. The van der Waals surface area contributed by atoms with E-state index in [4.69, 9.17) is 9.15 Å². The highest BCUT2D eigenvalue weighted by Crippen LogP contribution is 2.25. The summed E-state index contributed by atoms with van der Waals surface area (Å²) in [6.07, 6.45) is 0.920. The van der Waals surface area contributed by atoms with Crippen molar-refractivity contribution >= 4 is 16.8 Å². The quantitative estimate of drug-likeness (QED) is 0.687. The number of methoxy groups -OCH3 is 1. The second-order valence-electron chi connectivity index (χ2n) is 6.09. The van der Waals surface area contributed by atoms with Gasteiger partial charge in [0, 0.05) is 12.3 Å². The molecule has 0 saturated carbocycles. The van der Waals surface area contributed by atoms with Gasteiger partial charge in [-0.1, -0.05) is 42.5 Å². The Labute approximate surface area is 146 Å². The van der Waals surface area contributed by atoms with Crippen LogP contribution in [0.15, 0.2) is 63.8 Å². The first-order valence-corrected chi connectivity index (χ1v) is 8.23. The van der Waals surface area contributed by atoms with Gasteiger partial charge in [0.15, 0.2) is 5.76 Å². The first kappa shape index (κ1) is 17.0. The first-order chi connectivity index (χ1) is 12.1. The largest absolute Gasteiger partial charge is 0.490 e. The molecule has 1 unspecified atom stereocenters. The summed E-state index contributed by atoms with van der Waals surface area (Å²) in [6, 6.07) is 16.9. The summed E-state index contributed by atoms with van der Waals surface area (Å²) < 4.78 is 11.2. The van der Waals surface area contributed by atoms with Crippen LogP contribution in [-0.2, 0) is 17.6 Å². The Bertz CT molecular complexity index is 941.